The lowest BCUT2D eigenvalue weighted by atomic mass is 9.86. The summed E-state index contributed by atoms with van der Waals surface area (Å²) in [5, 5.41) is 2.63. The van der Waals surface area contributed by atoms with E-state index in [1.807, 2.05) is 20.8 Å². The summed E-state index contributed by atoms with van der Waals surface area (Å²) in [7, 11) is 0. The van der Waals surface area contributed by atoms with Crippen LogP contribution in [-0.2, 0) is 4.79 Å². The highest BCUT2D eigenvalue weighted by Gasteiger charge is 2.22. The SMILES string of the molecule is C=CC(=O)Nc1cccc(C(=O)C(C)(C)C)c1. The van der Waals surface area contributed by atoms with Crippen molar-refractivity contribution < 1.29 is 9.59 Å². The van der Waals surface area contributed by atoms with Gasteiger partial charge in [-0.1, -0.05) is 39.5 Å². The van der Waals surface area contributed by atoms with Gasteiger partial charge < -0.3 is 5.32 Å². The molecule has 3 heteroatoms. The first-order valence-corrected chi connectivity index (χ1v) is 5.43. The van der Waals surface area contributed by atoms with Crippen LogP contribution in [0.4, 0.5) is 5.69 Å². The molecular weight excluding hydrogens is 214 g/mol. The van der Waals surface area contributed by atoms with Crippen molar-refractivity contribution in [3.63, 3.8) is 0 Å². The number of amides is 1. The van der Waals surface area contributed by atoms with Crippen molar-refractivity contribution in [3.8, 4) is 0 Å². The Balaban J connectivity index is 2.97. The molecule has 1 aromatic carbocycles. The fraction of sp³-hybridized carbons (Fsp3) is 0.286. The van der Waals surface area contributed by atoms with E-state index < -0.39 is 5.41 Å². The number of nitrogens with one attached hydrogen (secondary N) is 1. The molecule has 17 heavy (non-hydrogen) atoms. The van der Waals surface area contributed by atoms with Gasteiger partial charge in [0.25, 0.3) is 0 Å². The average Bonchev–Trinajstić information content (AvgIpc) is 2.27. The molecule has 0 saturated carbocycles. The second-order valence-corrected chi connectivity index (χ2v) is 4.85. The molecule has 0 atom stereocenters. The number of carbonyl (C=O) groups excluding carboxylic acids is 2. The van der Waals surface area contributed by atoms with Gasteiger partial charge in [-0.25, -0.2) is 0 Å². The maximum absolute atomic E-state index is 12.0. The van der Waals surface area contributed by atoms with Crippen molar-refractivity contribution in [2.75, 3.05) is 5.32 Å². The van der Waals surface area contributed by atoms with Crippen LogP contribution in [0.3, 0.4) is 0 Å². The predicted octanol–water partition coefficient (Wildman–Crippen LogP) is 3.04. The van der Waals surface area contributed by atoms with Gasteiger partial charge >= 0.3 is 0 Å². The monoisotopic (exact) mass is 231 g/mol. The van der Waals surface area contributed by atoms with Crippen molar-refractivity contribution >= 4 is 17.4 Å². The van der Waals surface area contributed by atoms with Crippen molar-refractivity contribution in [2.45, 2.75) is 20.8 Å². The van der Waals surface area contributed by atoms with Crippen molar-refractivity contribution in [1.29, 1.82) is 0 Å². The number of hydrogen-bond acceptors (Lipinski definition) is 2. The third-order valence-electron chi connectivity index (χ3n) is 2.26. The fourth-order valence-electron chi connectivity index (χ4n) is 1.36. The molecule has 0 fully saturated rings. The lowest BCUT2D eigenvalue weighted by Crippen LogP contribution is -2.20. The Kier molecular flexibility index (Phi) is 3.84. The highest BCUT2D eigenvalue weighted by atomic mass is 16.1. The van der Waals surface area contributed by atoms with Crippen LogP contribution in [0.2, 0.25) is 0 Å². The largest absolute Gasteiger partial charge is 0.323 e. The predicted molar refractivity (Wildman–Crippen MR) is 69.1 cm³/mol. The van der Waals surface area contributed by atoms with E-state index in [1.54, 1.807) is 24.3 Å². The highest BCUT2D eigenvalue weighted by Crippen LogP contribution is 2.22. The van der Waals surface area contributed by atoms with E-state index in [2.05, 4.69) is 11.9 Å². The zero-order chi connectivity index (χ0) is 13.1. The normalized spacial score (nSPS) is 10.8. The smallest absolute Gasteiger partial charge is 0.247 e. The van der Waals surface area contributed by atoms with Crippen LogP contribution in [-0.4, -0.2) is 11.7 Å². The number of anilines is 1. The summed E-state index contributed by atoms with van der Waals surface area (Å²) >= 11 is 0. The molecule has 3 nitrogen and oxygen atoms in total. The first-order valence-electron chi connectivity index (χ1n) is 5.43. The quantitative estimate of drug-likeness (QED) is 0.642. The van der Waals surface area contributed by atoms with Gasteiger partial charge in [0, 0.05) is 16.7 Å². The Labute approximate surface area is 102 Å². The molecular formula is C14H17NO2. The molecule has 1 rings (SSSR count). The summed E-state index contributed by atoms with van der Waals surface area (Å²) < 4.78 is 0. The standard InChI is InChI=1S/C14H17NO2/c1-5-12(16)15-11-8-6-7-10(9-11)13(17)14(2,3)4/h5-9H,1H2,2-4H3,(H,15,16). The minimum atomic E-state index is -0.429. The average molecular weight is 231 g/mol. The van der Waals surface area contributed by atoms with Gasteiger partial charge in [-0.15, -0.1) is 0 Å². The van der Waals surface area contributed by atoms with Crippen LogP contribution in [0, 0.1) is 5.41 Å². The van der Waals surface area contributed by atoms with Crippen LogP contribution in [0.25, 0.3) is 0 Å². The molecule has 0 unspecified atom stereocenters. The van der Waals surface area contributed by atoms with Gasteiger partial charge in [-0.2, -0.15) is 0 Å². The minimum absolute atomic E-state index is 0.0483. The highest BCUT2D eigenvalue weighted by molar-refractivity contribution is 6.02. The van der Waals surface area contributed by atoms with Gasteiger partial charge in [0.1, 0.15) is 0 Å². The number of Topliss-reactive ketones (excluding diaryl/α,β-unsaturated/α-hetero) is 1. The van der Waals surface area contributed by atoms with Gasteiger partial charge in [0.15, 0.2) is 5.78 Å². The zero-order valence-electron chi connectivity index (χ0n) is 10.4. The lowest BCUT2D eigenvalue weighted by Gasteiger charge is -2.17. The van der Waals surface area contributed by atoms with Gasteiger partial charge in [0.2, 0.25) is 5.91 Å². The molecule has 1 amide bonds. The van der Waals surface area contributed by atoms with Crippen LogP contribution < -0.4 is 5.32 Å². The molecule has 0 aliphatic carbocycles. The maximum Gasteiger partial charge on any atom is 0.247 e. The first-order chi connectivity index (χ1) is 7.84. The number of ketones is 1. The molecule has 1 aromatic rings. The summed E-state index contributed by atoms with van der Waals surface area (Å²) in [6.45, 7) is 8.97. The molecule has 0 saturated heterocycles. The summed E-state index contributed by atoms with van der Waals surface area (Å²) in [4.78, 5) is 23.2. The van der Waals surface area contributed by atoms with E-state index >= 15 is 0 Å². The Hall–Kier alpha value is -1.90. The summed E-state index contributed by atoms with van der Waals surface area (Å²) in [6.07, 6.45) is 1.19. The fourth-order valence-corrected chi connectivity index (χ4v) is 1.36. The Morgan fingerprint density at radius 3 is 2.47 bits per heavy atom. The van der Waals surface area contributed by atoms with Crippen LogP contribution >= 0.6 is 0 Å². The molecule has 0 heterocycles. The van der Waals surface area contributed by atoms with Gasteiger partial charge in [-0.05, 0) is 18.2 Å². The van der Waals surface area contributed by atoms with Crippen molar-refractivity contribution in [3.05, 3.63) is 42.5 Å². The van der Waals surface area contributed by atoms with Crippen LogP contribution in [0.1, 0.15) is 31.1 Å². The zero-order valence-corrected chi connectivity index (χ0v) is 10.4. The first kappa shape index (κ1) is 13.2. The van der Waals surface area contributed by atoms with E-state index in [1.165, 1.54) is 6.08 Å². The summed E-state index contributed by atoms with van der Waals surface area (Å²) in [6, 6.07) is 6.91. The number of hydrogen-bond donors (Lipinski definition) is 1. The second kappa shape index (κ2) is 4.95. The summed E-state index contributed by atoms with van der Waals surface area (Å²) in [5.41, 5.74) is 0.769. The Bertz CT molecular complexity index is 456. The molecule has 0 radical (unpaired) electrons. The molecule has 0 spiro atoms. The topological polar surface area (TPSA) is 46.2 Å². The van der Waals surface area contributed by atoms with E-state index in [4.69, 9.17) is 0 Å². The second-order valence-electron chi connectivity index (χ2n) is 4.85. The number of carbonyl (C=O) groups is 2. The molecule has 90 valence electrons. The molecule has 0 aliphatic rings. The van der Waals surface area contributed by atoms with E-state index in [9.17, 15) is 9.59 Å². The van der Waals surface area contributed by atoms with Gasteiger partial charge in [0.05, 0.1) is 0 Å². The van der Waals surface area contributed by atoms with E-state index in [0.29, 0.717) is 11.3 Å². The number of benzene rings is 1. The third kappa shape index (κ3) is 3.55. The van der Waals surface area contributed by atoms with E-state index in [0.717, 1.165) is 0 Å². The van der Waals surface area contributed by atoms with Crippen LogP contribution in [0.15, 0.2) is 36.9 Å². The number of rotatable bonds is 3. The van der Waals surface area contributed by atoms with Crippen molar-refractivity contribution in [2.24, 2.45) is 5.41 Å². The van der Waals surface area contributed by atoms with Crippen LogP contribution in [0.5, 0.6) is 0 Å². The summed E-state index contributed by atoms with van der Waals surface area (Å²) in [5.74, 6) is -0.238. The van der Waals surface area contributed by atoms with Gasteiger partial charge in [-0.3, -0.25) is 9.59 Å². The lowest BCUT2D eigenvalue weighted by molar-refractivity contribution is -0.111. The molecule has 0 bridgehead atoms. The Morgan fingerprint density at radius 1 is 1.29 bits per heavy atom. The molecule has 0 aromatic heterocycles. The van der Waals surface area contributed by atoms with Crippen molar-refractivity contribution in [1.82, 2.24) is 0 Å². The maximum atomic E-state index is 12.0. The molecule has 1 N–H and O–H groups in total. The molecule has 0 aliphatic heterocycles. The Morgan fingerprint density at radius 2 is 1.94 bits per heavy atom. The minimum Gasteiger partial charge on any atom is -0.323 e. The third-order valence-corrected chi connectivity index (χ3v) is 2.26. The van der Waals surface area contributed by atoms with E-state index in [-0.39, 0.29) is 11.7 Å².